The number of aromatic nitrogens is 3. The van der Waals surface area contributed by atoms with Crippen molar-refractivity contribution in [1.82, 2.24) is 25.4 Å². The average molecular weight is 316 g/mol. The van der Waals surface area contributed by atoms with Gasteiger partial charge in [0.05, 0.1) is 18.4 Å². The molecule has 7 heteroatoms. The minimum atomic E-state index is 0.539. The molecule has 23 heavy (non-hydrogen) atoms. The Kier molecular flexibility index (Phi) is 5.96. The number of pyridine rings is 1. The molecule has 2 rings (SSSR count). The van der Waals surface area contributed by atoms with Crippen LogP contribution in [0.2, 0.25) is 0 Å². The van der Waals surface area contributed by atoms with Crippen LogP contribution in [0.5, 0.6) is 5.75 Å². The summed E-state index contributed by atoms with van der Waals surface area (Å²) in [6, 6.07) is 3.73. The van der Waals surface area contributed by atoms with Gasteiger partial charge in [-0.1, -0.05) is 0 Å². The number of hydrogen-bond donors (Lipinski definition) is 2. The van der Waals surface area contributed by atoms with Gasteiger partial charge in [0.25, 0.3) is 0 Å². The maximum atomic E-state index is 5.58. The highest BCUT2D eigenvalue weighted by Gasteiger charge is 2.09. The van der Waals surface area contributed by atoms with E-state index >= 15 is 0 Å². The summed E-state index contributed by atoms with van der Waals surface area (Å²) < 4.78 is 7.48. The zero-order chi connectivity index (χ0) is 16.7. The van der Waals surface area contributed by atoms with Crippen molar-refractivity contribution < 1.29 is 4.74 Å². The molecule has 124 valence electrons. The summed E-state index contributed by atoms with van der Waals surface area (Å²) in [5, 5.41) is 10.9. The van der Waals surface area contributed by atoms with E-state index in [0.29, 0.717) is 19.7 Å². The molecule has 0 unspecified atom stereocenters. The molecule has 0 saturated carbocycles. The zero-order valence-corrected chi connectivity index (χ0v) is 14.1. The molecule has 2 heterocycles. The first-order chi connectivity index (χ1) is 11.1. The summed E-state index contributed by atoms with van der Waals surface area (Å²) in [5.41, 5.74) is 3.39. The van der Waals surface area contributed by atoms with Gasteiger partial charge < -0.3 is 15.4 Å². The number of nitrogens with one attached hydrogen (secondary N) is 2. The van der Waals surface area contributed by atoms with Gasteiger partial charge >= 0.3 is 0 Å². The van der Waals surface area contributed by atoms with Crippen LogP contribution >= 0.6 is 0 Å². The number of hydrogen-bond acceptors (Lipinski definition) is 4. The largest absolute Gasteiger partial charge is 0.490 e. The molecule has 0 aliphatic rings. The van der Waals surface area contributed by atoms with Crippen molar-refractivity contribution in [2.45, 2.75) is 20.4 Å². The first-order valence-corrected chi connectivity index (χ1v) is 7.58. The van der Waals surface area contributed by atoms with Gasteiger partial charge in [0.1, 0.15) is 12.4 Å². The van der Waals surface area contributed by atoms with Gasteiger partial charge in [-0.05, 0) is 26.0 Å². The second-order valence-electron chi connectivity index (χ2n) is 5.16. The molecule has 2 N–H and O–H groups in total. The normalized spacial score (nSPS) is 11.4. The smallest absolute Gasteiger partial charge is 0.191 e. The van der Waals surface area contributed by atoms with Gasteiger partial charge in [-0.2, -0.15) is 5.10 Å². The molecule has 0 saturated heterocycles. The number of aliphatic imine (C=N–C) groups is 1. The van der Waals surface area contributed by atoms with E-state index < -0.39 is 0 Å². The molecule has 0 bridgehead atoms. The van der Waals surface area contributed by atoms with Crippen molar-refractivity contribution in [2.24, 2.45) is 12.0 Å². The first kappa shape index (κ1) is 16.8. The predicted octanol–water partition coefficient (Wildman–Crippen LogP) is 1.18. The van der Waals surface area contributed by atoms with E-state index in [1.165, 1.54) is 5.56 Å². The van der Waals surface area contributed by atoms with Crippen LogP contribution < -0.4 is 15.4 Å². The Morgan fingerprint density at radius 2 is 2.17 bits per heavy atom. The molecule has 0 aromatic carbocycles. The third-order valence-corrected chi connectivity index (χ3v) is 3.61. The molecule has 0 amide bonds. The molecule has 2 aromatic rings. The Bertz CT molecular complexity index is 650. The lowest BCUT2D eigenvalue weighted by Gasteiger charge is -2.12. The Labute approximate surface area is 136 Å². The van der Waals surface area contributed by atoms with Gasteiger partial charge in [-0.3, -0.25) is 14.7 Å². The molecule has 0 atom stereocenters. The van der Waals surface area contributed by atoms with Crippen molar-refractivity contribution in [3.63, 3.8) is 0 Å². The molecule has 0 aliphatic carbocycles. The standard InChI is InChI=1S/C16H24N6O/c1-12-15(13(2)22(4)21-12)11-20-16(17-3)19-8-9-23-14-6-5-7-18-10-14/h5-7,10H,8-9,11H2,1-4H3,(H2,17,19,20). The van der Waals surface area contributed by atoms with E-state index in [1.54, 1.807) is 19.4 Å². The van der Waals surface area contributed by atoms with E-state index in [-0.39, 0.29) is 0 Å². The summed E-state index contributed by atoms with van der Waals surface area (Å²) in [7, 11) is 3.70. The Morgan fingerprint density at radius 1 is 1.35 bits per heavy atom. The fourth-order valence-corrected chi connectivity index (χ4v) is 2.24. The average Bonchev–Trinajstić information content (AvgIpc) is 2.80. The molecule has 7 nitrogen and oxygen atoms in total. The number of nitrogens with zero attached hydrogens (tertiary/aromatic N) is 4. The number of ether oxygens (including phenoxy) is 1. The monoisotopic (exact) mass is 316 g/mol. The molecular weight excluding hydrogens is 292 g/mol. The van der Waals surface area contributed by atoms with Crippen molar-refractivity contribution in [3.8, 4) is 5.75 Å². The lowest BCUT2D eigenvalue weighted by Crippen LogP contribution is -2.39. The van der Waals surface area contributed by atoms with Gasteiger partial charge in [-0.15, -0.1) is 0 Å². The van der Waals surface area contributed by atoms with Gasteiger partial charge in [0.15, 0.2) is 5.96 Å². The second-order valence-corrected chi connectivity index (χ2v) is 5.16. The van der Waals surface area contributed by atoms with Crippen LogP contribution in [-0.2, 0) is 13.6 Å². The van der Waals surface area contributed by atoms with E-state index in [4.69, 9.17) is 4.74 Å². The van der Waals surface area contributed by atoms with Gasteiger partial charge in [0.2, 0.25) is 0 Å². The minimum absolute atomic E-state index is 0.539. The summed E-state index contributed by atoms with van der Waals surface area (Å²) in [6.07, 6.45) is 3.42. The summed E-state index contributed by atoms with van der Waals surface area (Å²) in [5.74, 6) is 1.50. The Balaban J connectivity index is 1.75. The number of aryl methyl sites for hydroxylation is 2. The molecular formula is C16H24N6O. The summed E-state index contributed by atoms with van der Waals surface area (Å²) in [6.45, 7) is 5.96. The van der Waals surface area contributed by atoms with E-state index in [2.05, 4.69) is 32.6 Å². The third kappa shape index (κ3) is 4.70. The Hall–Kier alpha value is -2.57. The van der Waals surface area contributed by atoms with E-state index in [9.17, 15) is 0 Å². The van der Waals surface area contributed by atoms with Crippen molar-refractivity contribution in [2.75, 3.05) is 20.2 Å². The number of rotatable bonds is 6. The number of guanidine groups is 1. The van der Waals surface area contributed by atoms with Crippen LogP contribution in [0.1, 0.15) is 17.0 Å². The van der Waals surface area contributed by atoms with E-state index in [0.717, 1.165) is 23.1 Å². The topological polar surface area (TPSA) is 76.4 Å². The van der Waals surface area contributed by atoms with Crippen LogP contribution in [0.25, 0.3) is 0 Å². The van der Waals surface area contributed by atoms with Crippen molar-refractivity contribution in [1.29, 1.82) is 0 Å². The molecule has 0 radical (unpaired) electrons. The lowest BCUT2D eigenvalue weighted by molar-refractivity contribution is 0.320. The molecule has 0 fully saturated rings. The molecule has 0 spiro atoms. The Morgan fingerprint density at radius 3 is 2.78 bits per heavy atom. The maximum absolute atomic E-state index is 5.58. The summed E-state index contributed by atoms with van der Waals surface area (Å²) >= 11 is 0. The lowest BCUT2D eigenvalue weighted by atomic mass is 10.2. The third-order valence-electron chi connectivity index (χ3n) is 3.61. The quantitative estimate of drug-likeness (QED) is 0.475. The fourth-order valence-electron chi connectivity index (χ4n) is 2.24. The SMILES string of the molecule is CN=C(NCCOc1cccnc1)NCc1c(C)nn(C)c1C. The highest BCUT2D eigenvalue weighted by molar-refractivity contribution is 5.79. The van der Waals surface area contributed by atoms with Crippen molar-refractivity contribution in [3.05, 3.63) is 41.5 Å². The molecule has 2 aromatic heterocycles. The van der Waals surface area contributed by atoms with Crippen LogP contribution in [-0.4, -0.2) is 40.9 Å². The highest BCUT2D eigenvalue weighted by Crippen LogP contribution is 2.11. The van der Waals surface area contributed by atoms with Gasteiger partial charge in [-0.25, -0.2) is 0 Å². The van der Waals surface area contributed by atoms with Crippen LogP contribution in [0.4, 0.5) is 0 Å². The van der Waals surface area contributed by atoms with Gasteiger partial charge in [0, 0.05) is 38.1 Å². The van der Waals surface area contributed by atoms with E-state index in [1.807, 2.05) is 30.8 Å². The highest BCUT2D eigenvalue weighted by atomic mass is 16.5. The first-order valence-electron chi connectivity index (χ1n) is 7.58. The fraction of sp³-hybridized carbons (Fsp3) is 0.438. The summed E-state index contributed by atoms with van der Waals surface area (Å²) in [4.78, 5) is 8.22. The van der Waals surface area contributed by atoms with Crippen LogP contribution in [0.15, 0.2) is 29.5 Å². The minimum Gasteiger partial charge on any atom is -0.490 e. The van der Waals surface area contributed by atoms with Crippen LogP contribution in [0, 0.1) is 13.8 Å². The predicted molar refractivity (Wildman–Crippen MR) is 90.6 cm³/mol. The van der Waals surface area contributed by atoms with Crippen LogP contribution in [0.3, 0.4) is 0 Å². The van der Waals surface area contributed by atoms with Crippen molar-refractivity contribution >= 4 is 5.96 Å². The molecule has 0 aliphatic heterocycles. The maximum Gasteiger partial charge on any atom is 0.191 e. The second kappa shape index (κ2) is 8.17. The zero-order valence-electron chi connectivity index (χ0n) is 14.1.